The minimum absolute atomic E-state index is 0.00427. The van der Waals surface area contributed by atoms with Gasteiger partial charge in [-0.15, -0.1) is 0 Å². The lowest BCUT2D eigenvalue weighted by molar-refractivity contribution is -0.230. The molecule has 0 spiro atoms. The maximum Gasteiger partial charge on any atom is 0.508 e. The Hall–Kier alpha value is -1.93. The number of ketones is 1. The van der Waals surface area contributed by atoms with E-state index >= 15 is 0 Å². The Balaban J connectivity index is 1.45. The summed E-state index contributed by atoms with van der Waals surface area (Å²) in [5, 5.41) is 29.1. The van der Waals surface area contributed by atoms with Crippen LogP contribution in [0.3, 0.4) is 0 Å². The summed E-state index contributed by atoms with van der Waals surface area (Å²) in [5.41, 5.74) is 0.378. The van der Waals surface area contributed by atoms with Gasteiger partial charge in [-0.05, 0) is 102 Å². The van der Waals surface area contributed by atoms with Gasteiger partial charge in [0.25, 0.3) is 0 Å². The van der Waals surface area contributed by atoms with Gasteiger partial charge in [-0.25, -0.2) is 4.79 Å². The monoisotopic (exact) mass is 588 g/mol. The molecule has 0 aliphatic heterocycles. The number of carbonyl (C=O) groups excluding carboxylic acids is 2. The van der Waals surface area contributed by atoms with Crippen LogP contribution in [0.15, 0.2) is 11.1 Å². The fourth-order valence-electron chi connectivity index (χ4n) is 11.4. The maximum absolute atomic E-state index is 13.4. The number of aliphatic hydroxyl groups is 2. The van der Waals surface area contributed by atoms with Crippen LogP contribution in [0.5, 0.6) is 0 Å². The molecule has 0 saturated heterocycles. The molecule has 42 heavy (non-hydrogen) atoms. The molecule has 5 rings (SSSR count). The molecule has 4 fully saturated rings. The number of hydrogen-bond donors (Lipinski definition) is 3. The standard InChI is InChI=1S/C34H52O8/c1-19(2)26-22(37)16-34(28(38)39)15-14-32(6)21(27(26)34)8-9-24-31(5)12-11-25(42-29(40)41-18-20(36)17-35)30(3,4)23(31)10-13-33(24,32)7/h19-21,23-25,35-36H,8-18H2,1-7H3,(H,38,39)/t20?,21-,23+,24?,25?,31+,32-,33-,34-/m1/s1. The Labute approximate surface area is 250 Å². The molecule has 0 heterocycles. The zero-order valence-electron chi connectivity index (χ0n) is 26.6. The van der Waals surface area contributed by atoms with E-state index in [2.05, 4.69) is 34.6 Å². The minimum atomic E-state index is -1.12. The summed E-state index contributed by atoms with van der Waals surface area (Å²) in [6, 6.07) is 0. The summed E-state index contributed by atoms with van der Waals surface area (Å²) < 4.78 is 10.9. The molecule has 0 bridgehead atoms. The van der Waals surface area contributed by atoms with Crippen LogP contribution in [0.4, 0.5) is 4.79 Å². The number of hydrogen-bond acceptors (Lipinski definition) is 7. The van der Waals surface area contributed by atoms with Crippen molar-refractivity contribution in [1.29, 1.82) is 0 Å². The van der Waals surface area contributed by atoms with Gasteiger partial charge >= 0.3 is 12.1 Å². The number of carboxylic acids is 1. The lowest BCUT2D eigenvalue weighted by Gasteiger charge is -2.72. The van der Waals surface area contributed by atoms with Crippen molar-refractivity contribution in [3.63, 3.8) is 0 Å². The highest BCUT2D eigenvalue weighted by Crippen LogP contribution is 2.76. The van der Waals surface area contributed by atoms with E-state index in [1.165, 1.54) is 0 Å². The molecule has 0 amide bonds. The SMILES string of the molecule is CC(C)C1=C2[C@H]3CCC4[C@@]5(C)CCC(OC(=O)OCC(O)CO)C(C)(C)[C@@H]5CC[C@@]4(C)[C@]3(C)CC[C@@]2(C(=O)O)CC1=O. The van der Waals surface area contributed by atoms with E-state index in [9.17, 15) is 24.6 Å². The number of rotatable bonds is 6. The highest BCUT2D eigenvalue weighted by molar-refractivity contribution is 6.05. The molecule has 236 valence electrons. The van der Waals surface area contributed by atoms with Crippen molar-refractivity contribution in [3.05, 3.63) is 11.1 Å². The van der Waals surface area contributed by atoms with Crippen molar-refractivity contribution in [3.8, 4) is 0 Å². The van der Waals surface area contributed by atoms with Crippen molar-refractivity contribution in [2.45, 2.75) is 118 Å². The smallest absolute Gasteiger partial charge is 0.481 e. The number of aliphatic carboxylic acids is 1. The van der Waals surface area contributed by atoms with Gasteiger partial charge in [0.05, 0.1) is 12.0 Å². The zero-order chi connectivity index (χ0) is 31.0. The van der Waals surface area contributed by atoms with E-state index in [-0.39, 0.29) is 58.4 Å². The molecule has 8 heteroatoms. The van der Waals surface area contributed by atoms with Gasteiger partial charge in [0.15, 0.2) is 5.78 Å². The first-order valence-corrected chi connectivity index (χ1v) is 16.1. The maximum atomic E-state index is 13.4. The van der Waals surface area contributed by atoms with E-state index in [1.807, 2.05) is 13.8 Å². The van der Waals surface area contributed by atoms with Crippen LogP contribution in [0.25, 0.3) is 0 Å². The summed E-state index contributed by atoms with van der Waals surface area (Å²) in [7, 11) is 0. The third-order valence-electron chi connectivity index (χ3n) is 13.6. The Morgan fingerprint density at radius 3 is 2.24 bits per heavy atom. The van der Waals surface area contributed by atoms with E-state index in [0.717, 1.165) is 56.1 Å². The normalized spacial score (nSPS) is 43.1. The largest absolute Gasteiger partial charge is 0.508 e. The third-order valence-corrected chi connectivity index (χ3v) is 13.6. The van der Waals surface area contributed by atoms with Crippen LogP contribution in [0.2, 0.25) is 0 Å². The van der Waals surface area contributed by atoms with Crippen molar-refractivity contribution < 1.29 is 39.2 Å². The second-order valence-corrected chi connectivity index (χ2v) is 15.9. The molecule has 0 aromatic carbocycles. The first kappa shape index (κ1) is 31.5. The van der Waals surface area contributed by atoms with Gasteiger partial charge in [-0.2, -0.15) is 0 Å². The molecule has 5 aliphatic carbocycles. The molecular formula is C34H52O8. The first-order valence-electron chi connectivity index (χ1n) is 16.1. The Morgan fingerprint density at radius 2 is 1.62 bits per heavy atom. The van der Waals surface area contributed by atoms with Crippen molar-refractivity contribution in [2.24, 2.45) is 50.7 Å². The second kappa shape index (κ2) is 10.3. The zero-order valence-corrected chi connectivity index (χ0v) is 26.6. The van der Waals surface area contributed by atoms with Crippen molar-refractivity contribution in [1.82, 2.24) is 0 Å². The highest BCUT2D eigenvalue weighted by atomic mass is 16.7. The molecule has 3 N–H and O–H groups in total. The first-order chi connectivity index (χ1) is 19.5. The second-order valence-electron chi connectivity index (χ2n) is 15.9. The lowest BCUT2D eigenvalue weighted by Crippen LogP contribution is -2.66. The molecule has 4 saturated carbocycles. The third kappa shape index (κ3) is 4.24. The van der Waals surface area contributed by atoms with Crippen molar-refractivity contribution in [2.75, 3.05) is 13.2 Å². The van der Waals surface area contributed by atoms with Crippen LogP contribution in [0, 0.1) is 50.7 Å². The average Bonchev–Trinajstić information content (AvgIpc) is 3.22. The quantitative estimate of drug-likeness (QED) is 0.326. The number of allylic oxidation sites excluding steroid dienone is 1. The number of aliphatic hydroxyl groups excluding tert-OH is 2. The summed E-state index contributed by atoms with van der Waals surface area (Å²) in [6.07, 6.45) is 4.82. The predicted molar refractivity (Wildman–Crippen MR) is 156 cm³/mol. The van der Waals surface area contributed by atoms with Crippen molar-refractivity contribution >= 4 is 17.9 Å². The van der Waals surface area contributed by atoms with E-state index in [1.54, 1.807) is 0 Å². The molecule has 8 nitrogen and oxygen atoms in total. The van der Waals surface area contributed by atoms with Crippen LogP contribution >= 0.6 is 0 Å². The fraction of sp³-hybridized carbons (Fsp3) is 0.853. The number of ether oxygens (including phenoxy) is 2. The van der Waals surface area contributed by atoms with Crippen LogP contribution < -0.4 is 0 Å². The van der Waals surface area contributed by atoms with Crippen LogP contribution in [0.1, 0.15) is 106 Å². The molecule has 0 aromatic heterocycles. The highest BCUT2D eigenvalue weighted by Gasteiger charge is 2.71. The topological polar surface area (TPSA) is 130 Å². The lowest BCUT2D eigenvalue weighted by atomic mass is 9.33. The molecular weight excluding hydrogens is 536 g/mol. The van der Waals surface area contributed by atoms with Gasteiger partial charge in [-0.3, -0.25) is 9.59 Å². The van der Waals surface area contributed by atoms with Gasteiger partial charge in [0.2, 0.25) is 0 Å². The summed E-state index contributed by atoms with van der Waals surface area (Å²) in [6.45, 7) is 15.0. The minimum Gasteiger partial charge on any atom is -0.481 e. The van der Waals surface area contributed by atoms with Crippen LogP contribution in [-0.2, 0) is 19.1 Å². The molecule has 3 unspecified atom stereocenters. The van der Waals surface area contributed by atoms with Gasteiger partial charge in [0.1, 0.15) is 18.8 Å². The number of carbonyl (C=O) groups is 3. The average molecular weight is 589 g/mol. The Morgan fingerprint density at radius 1 is 0.929 bits per heavy atom. The van der Waals surface area contributed by atoms with E-state index < -0.39 is 30.3 Å². The number of carboxylic acid groups (broad SMARTS) is 1. The Kier molecular flexibility index (Phi) is 7.74. The Bertz CT molecular complexity index is 1170. The molecule has 9 atom stereocenters. The summed E-state index contributed by atoms with van der Waals surface area (Å²) in [5.74, 6) is 0.108. The van der Waals surface area contributed by atoms with E-state index in [4.69, 9.17) is 14.6 Å². The molecule has 5 aliphatic rings. The van der Waals surface area contributed by atoms with Gasteiger partial charge < -0.3 is 24.8 Å². The number of Topliss-reactive ketones (excluding diaryl/α,β-unsaturated/α-hetero) is 1. The molecule has 0 radical (unpaired) electrons. The van der Waals surface area contributed by atoms with Gasteiger partial charge in [-0.1, -0.05) is 48.5 Å². The summed E-state index contributed by atoms with van der Waals surface area (Å²) in [4.78, 5) is 38.7. The van der Waals surface area contributed by atoms with Gasteiger partial charge in [0, 0.05) is 11.8 Å². The van der Waals surface area contributed by atoms with E-state index in [0.29, 0.717) is 18.3 Å². The summed E-state index contributed by atoms with van der Waals surface area (Å²) >= 11 is 0. The van der Waals surface area contributed by atoms with Crippen LogP contribution in [-0.4, -0.2) is 58.6 Å². The number of fused-ring (bicyclic) bond motifs is 7. The fourth-order valence-corrected chi connectivity index (χ4v) is 11.4. The predicted octanol–water partition coefficient (Wildman–Crippen LogP) is 5.93. The molecule has 0 aromatic rings.